The van der Waals surface area contributed by atoms with Crippen LogP contribution in [0.15, 0.2) is 24.3 Å². The van der Waals surface area contributed by atoms with Crippen LogP contribution in [0.25, 0.3) is 0 Å². The topological polar surface area (TPSA) is 60.2 Å². The fourth-order valence-electron chi connectivity index (χ4n) is 1.06. The number of primary amides is 1. The molecule has 0 bridgehead atoms. The quantitative estimate of drug-likeness (QED) is 0.752. The molecule has 0 fully saturated rings. The molecule has 72 valence electrons. The van der Waals surface area contributed by atoms with E-state index in [-0.39, 0.29) is 19.7 Å². The second-order valence-electron chi connectivity index (χ2n) is 2.95. The van der Waals surface area contributed by atoms with Gasteiger partial charge in [-0.05, 0) is 0 Å². The Hall–Kier alpha value is -1.30. The van der Waals surface area contributed by atoms with Crippen molar-refractivity contribution in [2.45, 2.75) is 12.8 Å². The van der Waals surface area contributed by atoms with Crippen LogP contribution in [0.2, 0.25) is 0 Å². The Bertz CT molecular complexity index is 433. The van der Waals surface area contributed by atoms with E-state index in [1.54, 1.807) is 31.2 Å². The Morgan fingerprint density at radius 2 is 2.00 bits per heavy atom. The average molecular weight is 207 g/mol. The molecule has 2 N–H and O–H groups in total. The van der Waals surface area contributed by atoms with Crippen LogP contribution in [-0.2, 0) is 9.36 Å². The average Bonchev–Trinajstić information content (AvgIpc) is 2.18. The van der Waals surface area contributed by atoms with Crippen molar-refractivity contribution in [2.75, 3.05) is 0 Å². The third kappa shape index (κ3) is 2.59. The van der Waals surface area contributed by atoms with E-state index in [1.807, 2.05) is 0 Å². The molecule has 3 nitrogen and oxygen atoms in total. The van der Waals surface area contributed by atoms with E-state index in [4.69, 9.17) is 5.73 Å². The first kappa shape index (κ1) is 10.8. The number of hydrogen-bond acceptors (Lipinski definition) is 2. The van der Waals surface area contributed by atoms with Crippen molar-refractivity contribution < 1.29 is 9.36 Å². The molecule has 0 aliphatic carbocycles. The Morgan fingerprint density at radius 1 is 1.43 bits per heavy atom. The maximum absolute atomic E-state index is 10.9. The van der Waals surface area contributed by atoms with Crippen LogP contribution in [0.4, 0.5) is 0 Å². The van der Waals surface area contributed by atoms with Crippen LogP contribution in [0.3, 0.4) is 0 Å². The summed E-state index contributed by atoms with van der Waals surface area (Å²) in [5.41, 5.74) is 9.35. The summed E-state index contributed by atoms with van der Waals surface area (Å²) in [5, 5.41) is 0. The number of amides is 1. The molecule has 0 aliphatic heterocycles. The summed E-state index contributed by atoms with van der Waals surface area (Å²) < 4.78 is 10.2. The normalized spacial score (nSPS) is 11.5. The van der Waals surface area contributed by atoms with Crippen LogP contribution in [0.1, 0.15) is 24.0 Å². The van der Waals surface area contributed by atoms with Gasteiger partial charge in [-0.15, -0.1) is 0 Å². The van der Waals surface area contributed by atoms with E-state index >= 15 is 0 Å². The van der Waals surface area contributed by atoms with Gasteiger partial charge in [0.2, 0.25) is 0 Å². The molecule has 1 atom stereocenters. The molecule has 1 aromatic rings. The number of benzene rings is 1. The SMILES string of the molecule is CC(C(N)=O)c1ccc(C#P=O)cc1. The first-order chi connectivity index (χ1) is 6.65. The Labute approximate surface area is 83.4 Å². The maximum atomic E-state index is 10.9. The first-order valence-electron chi connectivity index (χ1n) is 4.13. The van der Waals surface area contributed by atoms with Crippen LogP contribution >= 0.6 is 7.92 Å². The summed E-state index contributed by atoms with van der Waals surface area (Å²) >= 11 is 0. The molecule has 1 unspecified atom stereocenters. The van der Waals surface area contributed by atoms with Crippen molar-refractivity contribution in [2.24, 2.45) is 5.73 Å². The predicted octanol–water partition coefficient (Wildman–Crippen LogP) is 1.87. The number of carbonyl (C=O) groups excluding carboxylic acids is 1. The van der Waals surface area contributed by atoms with E-state index < -0.39 is 0 Å². The van der Waals surface area contributed by atoms with E-state index in [0.29, 0.717) is 0 Å². The molecule has 0 spiro atoms. The van der Waals surface area contributed by atoms with Crippen LogP contribution in [0, 0.1) is 5.63 Å². The van der Waals surface area contributed by atoms with Gasteiger partial charge in [-0.3, -0.25) is 0 Å². The van der Waals surface area contributed by atoms with Crippen molar-refractivity contribution in [3.05, 3.63) is 35.4 Å². The van der Waals surface area contributed by atoms with Gasteiger partial charge in [0.25, 0.3) is 0 Å². The van der Waals surface area contributed by atoms with Crippen molar-refractivity contribution in [3.63, 3.8) is 0 Å². The van der Waals surface area contributed by atoms with E-state index in [9.17, 15) is 9.36 Å². The van der Waals surface area contributed by atoms with E-state index in [1.165, 1.54) is 0 Å². The molecule has 0 aliphatic rings. The molecule has 1 amide bonds. The Balaban J connectivity index is 2.97. The zero-order chi connectivity index (χ0) is 10.6. The third-order valence-electron chi connectivity index (χ3n) is 2.01. The molecule has 0 radical (unpaired) electrons. The van der Waals surface area contributed by atoms with Gasteiger partial charge in [-0.1, -0.05) is 0 Å². The fraction of sp³-hybridized carbons (Fsp3) is 0.200. The van der Waals surface area contributed by atoms with Gasteiger partial charge in [0.05, 0.1) is 0 Å². The van der Waals surface area contributed by atoms with Gasteiger partial charge >= 0.3 is 82.8 Å². The van der Waals surface area contributed by atoms with Crippen molar-refractivity contribution >= 4 is 13.8 Å². The number of hydrogen-bond donors (Lipinski definition) is 1. The summed E-state index contributed by atoms with van der Waals surface area (Å²) in [5.74, 6) is -0.651. The number of nitrogens with two attached hydrogens (primary N) is 1. The summed E-state index contributed by atoms with van der Waals surface area (Å²) in [6.07, 6.45) is 0. The fourth-order valence-corrected chi connectivity index (χ4v) is 1.32. The van der Waals surface area contributed by atoms with Crippen molar-refractivity contribution in [3.8, 4) is 5.63 Å². The summed E-state index contributed by atoms with van der Waals surface area (Å²) in [6.45, 7) is 1.75. The predicted molar refractivity (Wildman–Crippen MR) is 54.6 cm³/mol. The van der Waals surface area contributed by atoms with Gasteiger partial charge in [-0.25, -0.2) is 0 Å². The zero-order valence-electron chi connectivity index (χ0n) is 7.73. The molecule has 0 heterocycles. The van der Waals surface area contributed by atoms with Gasteiger partial charge in [0.1, 0.15) is 0 Å². The molecule has 0 saturated heterocycles. The number of carbonyl (C=O) groups is 1. The Morgan fingerprint density at radius 3 is 2.43 bits per heavy atom. The summed E-state index contributed by atoms with van der Waals surface area (Å²) in [6, 6.07) is 7.06. The monoisotopic (exact) mass is 207 g/mol. The standard InChI is InChI=1S/C10H10NO2P/c1-7(10(11)12)9-4-2-8(3-5-9)6-14-13/h2-5,7H,1H3,(H2,11,12). The Kier molecular flexibility index (Phi) is 3.70. The molecule has 14 heavy (non-hydrogen) atoms. The second-order valence-corrected chi connectivity index (χ2v) is 3.36. The summed E-state index contributed by atoms with van der Waals surface area (Å²) in [7, 11) is -0.143. The van der Waals surface area contributed by atoms with Gasteiger partial charge in [0.15, 0.2) is 0 Å². The number of rotatable bonds is 2. The first-order valence-corrected chi connectivity index (χ1v) is 4.94. The van der Waals surface area contributed by atoms with E-state index in [0.717, 1.165) is 11.1 Å². The molecular formula is C10H10NO2P. The van der Waals surface area contributed by atoms with Gasteiger partial charge < -0.3 is 0 Å². The molecule has 1 rings (SSSR count). The van der Waals surface area contributed by atoms with Crippen molar-refractivity contribution in [1.82, 2.24) is 0 Å². The molecule has 1 aromatic carbocycles. The van der Waals surface area contributed by atoms with E-state index in [2.05, 4.69) is 5.63 Å². The molecule has 0 aromatic heterocycles. The van der Waals surface area contributed by atoms with Crippen LogP contribution in [-0.4, -0.2) is 5.91 Å². The minimum atomic E-state index is -0.354. The second kappa shape index (κ2) is 4.80. The molecular weight excluding hydrogens is 197 g/mol. The van der Waals surface area contributed by atoms with Gasteiger partial charge in [0, 0.05) is 0 Å². The third-order valence-corrected chi connectivity index (χ3v) is 2.36. The molecule has 0 saturated carbocycles. The van der Waals surface area contributed by atoms with Crippen LogP contribution in [0.5, 0.6) is 0 Å². The zero-order valence-corrected chi connectivity index (χ0v) is 8.62. The van der Waals surface area contributed by atoms with Crippen LogP contribution < -0.4 is 5.73 Å². The van der Waals surface area contributed by atoms with Crippen molar-refractivity contribution in [1.29, 1.82) is 0 Å². The van der Waals surface area contributed by atoms with Gasteiger partial charge in [-0.2, -0.15) is 0 Å². The summed E-state index contributed by atoms with van der Waals surface area (Å²) in [4.78, 5) is 10.9. The minimum absolute atomic E-state index is 0.143. The molecule has 4 heteroatoms.